The maximum atomic E-state index is 13.2. The predicted molar refractivity (Wildman–Crippen MR) is 109 cm³/mol. The lowest BCUT2D eigenvalue weighted by Crippen LogP contribution is -2.47. The Balaban J connectivity index is 1.40. The van der Waals surface area contributed by atoms with E-state index in [9.17, 15) is 14.4 Å². The van der Waals surface area contributed by atoms with Crippen LogP contribution in [-0.4, -0.2) is 35.8 Å². The Morgan fingerprint density at radius 1 is 1.14 bits per heavy atom. The molecule has 0 unspecified atom stereocenters. The molecule has 4 rings (SSSR count). The lowest BCUT2D eigenvalue weighted by molar-refractivity contribution is -0.135. The van der Waals surface area contributed by atoms with E-state index in [1.165, 1.54) is 0 Å². The Kier molecular flexibility index (Phi) is 5.28. The minimum atomic E-state index is -1.05. The summed E-state index contributed by atoms with van der Waals surface area (Å²) in [5.41, 5.74) is 1.91. The highest BCUT2D eigenvalue weighted by atomic mass is 35.5. The molecule has 7 heteroatoms. The number of imide groups is 1. The van der Waals surface area contributed by atoms with Crippen LogP contribution in [0, 0.1) is 0 Å². The summed E-state index contributed by atoms with van der Waals surface area (Å²) >= 11 is 5.87. The number of fused-ring (bicyclic) bond motifs is 2. The maximum absolute atomic E-state index is 13.2. The minimum Gasteiger partial charge on any atom is -0.354 e. The van der Waals surface area contributed by atoms with Crippen molar-refractivity contribution in [3.63, 3.8) is 0 Å². The van der Waals surface area contributed by atoms with Crippen LogP contribution in [0.2, 0.25) is 5.02 Å². The summed E-state index contributed by atoms with van der Waals surface area (Å²) < 4.78 is 0. The quantitative estimate of drug-likeness (QED) is 0.742. The standard InChI is InChI=1S/C22H22ClN3O3/c23-17-9-7-15(8-10-17)11-13-24-19(27)14-26-20(28)22(25-21(26)29)12-3-5-16-4-1-2-6-18(16)22/h1-2,4,6-10H,3,5,11-14H2,(H,24,27)(H,25,29)/t22-/m0/s1. The molecule has 1 saturated heterocycles. The van der Waals surface area contributed by atoms with Crippen LogP contribution >= 0.6 is 11.6 Å². The number of urea groups is 1. The van der Waals surface area contributed by atoms with Crippen LogP contribution in [0.5, 0.6) is 0 Å². The van der Waals surface area contributed by atoms with Crippen LogP contribution in [-0.2, 0) is 28.0 Å². The molecule has 1 aliphatic carbocycles. The zero-order valence-corrected chi connectivity index (χ0v) is 16.7. The molecule has 2 N–H and O–H groups in total. The lowest BCUT2D eigenvalue weighted by atomic mass is 9.76. The monoisotopic (exact) mass is 411 g/mol. The molecule has 1 atom stereocenters. The zero-order chi connectivity index (χ0) is 20.4. The van der Waals surface area contributed by atoms with Gasteiger partial charge in [-0.1, -0.05) is 48.0 Å². The van der Waals surface area contributed by atoms with Gasteiger partial charge in [0.15, 0.2) is 0 Å². The summed E-state index contributed by atoms with van der Waals surface area (Å²) in [5.74, 6) is -0.703. The number of hydrogen-bond acceptors (Lipinski definition) is 3. The van der Waals surface area contributed by atoms with Crippen molar-refractivity contribution < 1.29 is 14.4 Å². The molecule has 1 spiro atoms. The fourth-order valence-electron chi connectivity index (χ4n) is 4.15. The largest absolute Gasteiger partial charge is 0.354 e. The third kappa shape index (κ3) is 3.72. The van der Waals surface area contributed by atoms with Gasteiger partial charge in [0.1, 0.15) is 12.1 Å². The lowest BCUT2D eigenvalue weighted by Gasteiger charge is -2.33. The Morgan fingerprint density at radius 2 is 1.90 bits per heavy atom. The van der Waals surface area contributed by atoms with Crippen LogP contribution in [0.1, 0.15) is 29.5 Å². The number of nitrogens with zero attached hydrogens (tertiary/aromatic N) is 1. The van der Waals surface area contributed by atoms with E-state index in [0.717, 1.165) is 34.4 Å². The Bertz CT molecular complexity index is 960. The topological polar surface area (TPSA) is 78.5 Å². The fraction of sp³-hybridized carbons (Fsp3) is 0.318. The molecule has 29 heavy (non-hydrogen) atoms. The molecule has 1 fully saturated rings. The van der Waals surface area contributed by atoms with Gasteiger partial charge < -0.3 is 10.6 Å². The number of aryl methyl sites for hydroxylation is 1. The number of hydrogen-bond donors (Lipinski definition) is 2. The number of benzene rings is 2. The number of carbonyl (C=O) groups is 3. The van der Waals surface area contributed by atoms with Crippen molar-refractivity contribution in [1.29, 1.82) is 0 Å². The molecule has 0 bridgehead atoms. The molecule has 0 saturated carbocycles. The number of amides is 4. The highest BCUT2D eigenvalue weighted by molar-refractivity contribution is 6.30. The van der Waals surface area contributed by atoms with Gasteiger partial charge in [-0.3, -0.25) is 14.5 Å². The van der Waals surface area contributed by atoms with Crippen LogP contribution in [0.3, 0.4) is 0 Å². The van der Waals surface area contributed by atoms with Gasteiger partial charge in [0.05, 0.1) is 0 Å². The van der Waals surface area contributed by atoms with Gasteiger partial charge in [-0.25, -0.2) is 4.79 Å². The van der Waals surface area contributed by atoms with Crippen molar-refractivity contribution in [2.75, 3.05) is 13.1 Å². The van der Waals surface area contributed by atoms with E-state index in [-0.39, 0.29) is 18.4 Å². The van der Waals surface area contributed by atoms with Crippen LogP contribution in [0.4, 0.5) is 4.79 Å². The summed E-state index contributed by atoms with van der Waals surface area (Å²) in [6.45, 7) is 0.132. The van der Waals surface area contributed by atoms with Crippen LogP contribution < -0.4 is 10.6 Å². The van der Waals surface area contributed by atoms with Crippen molar-refractivity contribution in [3.05, 3.63) is 70.2 Å². The van der Waals surface area contributed by atoms with Gasteiger partial charge in [0.25, 0.3) is 5.91 Å². The summed E-state index contributed by atoms with van der Waals surface area (Å²) in [6, 6.07) is 14.6. The molecule has 6 nitrogen and oxygen atoms in total. The van der Waals surface area contributed by atoms with E-state index in [0.29, 0.717) is 24.4 Å². The average Bonchev–Trinajstić information content (AvgIpc) is 2.95. The minimum absolute atomic E-state index is 0.283. The maximum Gasteiger partial charge on any atom is 0.325 e. The molecule has 2 aromatic rings. The normalized spacial score (nSPS) is 20.5. The Morgan fingerprint density at radius 3 is 2.69 bits per heavy atom. The first-order valence-corrected chi connectivity index (χ1v) is 10.1. The van der Waals surface area contributed by atoms with Crippen LogP contribution in [0.25, 0.3) is 0 Å². The summed E-state index contributed by atoms with van der Waals surface area (Å²) in [6.07, 6.45) is 2.88. The third-order valence-electron chi connectivity index (χ3n) is 5.60. The molecule has 1 aliphatic heterocycles. The molecule has 0 radical (unpaired) electrons. The van der Waals surface area contributed by atoms with Crippen molar-refractivity contribution in [3.8, 4) is 0 Å². The Labute approximate surface area is 174 Å². The van der Waals surface area contributed by atoms with Gasteiger partial charge >= 0.3 is 6.03 Å². The SMILES string of the molecule is O=C(CN1C(=O)N[C@]2(CCCc3ccccc32)C1=O)NCCc1ccc(Cl)cc1. The highest BCUT2D eigenvalue weighted by Crippen LogP contribution is 2.39. The summed E-state index contributed by atoms with van der Waals surface area (Å²) in [4.78, 5) is 39.1. The molecular weight excluding hydrogens is 390 g/mol. The van der Waals surface area contributed by atoms with E-state index >= 15 is 0 Å². The fourth-order valence-corrected chi connectivity index (χ4v) is 4.28. The summed E-state index contributed by atoms with van der Waals surface area (Å²) in [7, 11) is 0. The molecule has 2 aromatic carbocycles. The van der Waals surface area contributed by atoms with Crippen molar-refractivity contribution in [1.82, 2.24) is 15.5 Å². The summed E-state index contributed by atoms with van der Waals surface area (Å²) in [5, 5.41) is 6.30. The third-order valence-corrected chi connectivity index (χ3v) is 5.85. The smallest absolute Gasteiger partial charge is 0.325 e. The second kappa shape index (κ2) is 7.87. The highest BCUT2D eigenvalue weighted by Gasteiger charge is 2.54. The molecule has 2 aliphatic rings. The van der Waals surface area contributed by atoms with E-state index in [2.05, 4.69) is 10.6 Å². The molecule has 1 heterocycles. The molecular formula is C22H22ClN3O3. The van der Waals surface area contributed by atoms with E-state index in [1.807, 2.05) is 36.4 Å². The first-order valence-electron chi connectivity index (χ1n) is 9.73. The van der Waals surface area contributed by atoms with Gasteiger partial charge in [-0.2, -0.15) is 0 Å². The van der Waals surface area contributed by atoms with Gasteiger partial charge in [0, 0.05) is 11.6 Å². The van der Waals surface area contributed by atoms with Gasteiger partial charge in [-0.15, -0.1) is 0 Å². The van der Waals surface area contributed by atoms with Crippen molar-refractivity contribution in [2.45, 2.75) is 31.2 Å². The molecule has 150 valence electrons. The van der Waals surface area contributed by atoms with E-state index in [1.54, 1.807) is 12.1 Å². The Hall–Kier alpha value is -2.86. The first kappa shape index (κ1) is 19.5. The van der Waals surface area contributed by atoms with Crippen molar-refractivity contribution >= 4 is 29.4 Å². The van der Waals surface area contributed by atoms with Crippen molar-refractivity contribution in [2.24, 2.45) is 0 Å². The molecule has 4 amide bonds. The predicted octanol–water partition coefficient (Wildman–Crippen LogP) is 2.78. The van der Waals surface area contributed by atoms with E-state index in [4.69, 9.17) is 11.6 Å². The van der Waals surface area contributed by atoms with Gasteiger partial charge in [0.2, 0.25) is 5.91 Å². The second-order valence-electron chi connectivity index (χ2n) is 7.46. The number of halogens is 1. The number of rotatable bonds is 5. The van der Waals surface area contributed by atoms with Crippen LogP contribution in [0.15, 0.2) is 48.5 Å². The average molecular weight is 412 g/mol. The van der Waals surface area contributed by atoms with E-state index < -0.39 is 11.6 Å². The first-order chi connectivity index (χ1) is 14.0. The molecule has 0 aromatic heterocycles. The number of nitrogens with one attached hydrogen (secondary N) is 2. The zero-order valence-electron chi connectivity index (χ0n) is 15.9. The second-order valence-corrected chi connectivity index (χ2v) is 7.90. The number of carbonyl (C=O) groups excluding carboxylic acids is 3. The van der Waals surface area contributed by atoms with Gasteiger partial charge in [-0.05, 0) is 54.5 Å².